The summed E-state index contributed by atoms with van der Waals surface area (Å²) in [5.41, 5.74) is 0.922. The number of para-hydroxylation sites is 2. The smallest absolute Gasteiger partial charge is 0.264 e. The Balaban J connectivity index is 2.09. The number of rotatable bonds is 13. The number of hydrogen-bond donors (Lipinski definition) is 1. The number of carbonyl (C=O) groups excluding carboxylic acids is 2. The lowest BCUT2D eigenvalue weighted by atomic mass is 10.1. The molecule has 0 saturated heterocycles. The number of anilines is 1. The first-order chi connectivity index (χ1) is 19.5. The van der Waals surface area contributed by atoms with Crippen molar-refractivity contribution in [3.63, 3.8) is 0 Å². The van der Waals surface area contributed by atoms with Crippen LogP contribution in [0.15, 0.2) is 82.6 Å². The molecular weight excluding hydrogens is 582 g/mol. The van der Waals surface area contributed by atoms with Crippen molar-refractivity contribution < 1.29 is 22.7 Å². The second-order valence-electron chi connectivity index (χ2n) is 9.58. The Morgan fingerprint density at radius 1 is 1.00 bits per heavy atom. The number of benzene rings is 3. The Hall–Kier alpha value is -3.21. The van der Waals surface area contributed by atoms with E-state index in [1.54, 1.807) is 74.5 Å². The zero-order valence-electron chi connectivity index (χ0n) is 23.8. The van der Waals surface area contributed by atoms with Gasteiger partial charge in [-0.2, -0.15) is 0 Å². The van der Waals surface area contributed by atoms with Gasteiger partial charge in [-0.05, 0) is 88.0 Å². The average Bonchev–Trinajstić information content (AvgIpc) is 2.94. The van der Waals surface area contributed by atoms with Crippen molar-refractivity contribution in [2.45, 2.75) is 56.1 Å². The van der Waals surface area contributed by atoms with Gasteiger partial charge in [0.25, 0.3) is 10.0 Å². The maximum atomic E-state index is 14.1. The average molecular weight is 618 g/mol. The molecule has 0 fully saturated rings. The summed E-state index contributed by atoms with van der Waals surface area (Å²) in [5, 5.41) is 3.32. The third kappa shape index (κ3) is 8.40. The van der Waals surface area contributed by atoms with E-state index < -0.39 is 28.5 Å². The molecule has 0 heterocycles. The van der Waals surface area contributed by atoms with Gasteiger partial charge < -0.3 is 15.0 Å². The minimum atomic E-state index is -4.22. The van der Waals surface area contributed by atoms with Crippen LogP contribution in [0.25, 0.3) is 0 Å². The van der Waals surface area contributed by atoms with Crippen molar-refractivity contribution in [2.24, 2.45) is 0 Å². The highest BCUT2D eigenvalue weighted by atomic mass is 35.5. The Labute approximate surface area is 252 Å². The molecule has 0 saturated carbocycles. The third-order valence-electron chi connectivity index (χ3n) is 6.20. The summed E-state index contributed by atoms with van der Waals surface area (Å²) in [5.74, 6) is -0.599. The molecule has 3 rings (SSSR count). The lowest BCUT2D eigenvalue weighted by Gasteiger charge is -2.32. The lowest BCUT2D eigenvalue weighted by Crippen LogP contribution is -2.52. The van der Waals surface area contributed by atoms with Gasteiger partial charge in [0.15, 0.2) is 0 Å². The molecule has 0 aliphatic rings. The molecule has 0 spiro atoms. The minimum Gasteiger partial charge on any atom is -0.492 e. The SMILES string of the molecule is CCOc1ccccc1N(CC(=O)N(Cc1cccc(Cl)c1)[C@@H](C)C(=O)NC(C)C)S(=O)(=O)c1ccc(SC)cc1. The van der Waals surface area contributed by atoms with Crippen LogP contribution in [0, 0.1) is 0 Å². The van der Waals surface area contributed by atoms with Crippen molar-refractivity contribution in [1.82, 2.24) is 10.2 Å². The topological polar surface area (TPSA) is 96.0 Å². The summed E-state index contributed by atoms with van der Waals surface area (Å²) in [6, 6.07) is 19.1. The lowest BCUT2D eigenvalue weighted by molar-refractivity contribution is -0.139. The number of ether oxygens (including phenoxy) is 1. The fourth-order valence-corrected chi connectivity index (χ4v) is 6.19. The van der Waals surface area contributed by atoms with Crippen LogP contribution in [0.4, 0.5) is 5.69 Å². The maximum Gasteiger partial charge on any atom is 0.264 e. The molecule has 0 bridgehead atoms. The van der Waals surface area contributed by atoms with Crippen LogP contribution >= 0.6 is 23.4 Å². The first kappa shape index (κ1) is 32.3. The molecule has 0 aromatic heterocycles. The summed E-state index contributed by atoms with van der Waals surface area (Å²) in [4.78, 5) is 29.4. The fraction of sp³-hybridized carbons (Fsp3) is 0.333. The fourth-order valence-electron chi connectivity index (χ4n) is 4.15. The summed E-state index contributed by atoms with van der Waals surface area (Å²) in [7, 11) is -4.22. The molecule has 1 atom stereocenters. The van der Waals surface area contributed by atoms with E-state index in [0.29, 0.717) is 22.9 Å². The molecule has 3 aromatic rings. The zero-order valence-corrected chi connectivity index (χ0v) is 26.2. The molecule has 220 valence electrons. The summed E-state index contributed by atoms with van der Waals surface area (Å²) >= 11 is 7.69. The van der Waals surface area contributed by atoms with Crippen LogP contribution in [-0.4, -0.2) is 56.6 Å². The molecule has 11 heteroatoms. The van der Waals surface area contributed by atoms with Gasteiger partial charge in [-0.25, -0.2) is 8.42 Å². The van der Waals surface area contributed by atoms with Crippen LogP contribution < -0.4 is 14.4 Å². The van der Waals surface area contributed by atoms with Gasteiger partial charge in [-0.3, -0.25) is 13.9 Å². The molecular formula is C30H36ClN3O5S2. The highest BCUT2D eigenvalue weighted by Gasteiger charge is 2.34. The first-order valence-corrected chi connectivity index (χ1v) is 16.2. The monoisotopic (exact) mass is 617 g/mol. The zero-order chi connectivity index (χ0) is 30.2. The number of thioether (sulfide) groups is 1. The Kier molecular flexibility index (Phi) is 11.5. The van der Waals surface area contributed by atoms with Gasteiger partial charge in [0.05, 0.1) is 17.2 Å². The molecule has 41 heavy (non-hydrogen) atoms. The van der Waals surface area contributed by atoms with Gasteiger partial charge in [0, 0.05) is 22.5 Å². The number of nitrogens with one attached hydrogen (secondary N) is 1. The molecule has 1 N–H and O–H groups in total. The normalized spacial score (nSPS) is 12.1. The van der Waals surface area contributed by atoms with E-state index in [4.69, 9.17) is 16.3 Å². The molecule has 0 aliphatic heterocycles. The largest absolute Gasteiger partial charge is 0.492 e. The third-order valence-corrected chi connectivity index (χ3v) is 8.95. The number of carbonyl (C=O) groups is 2. The van der Waals surface area contributed by atoms with E-state index >= 15 is 0 Å². The van der Waals surface area contributed by atoms with Crippen molar-refractivity contribution >= 4 is 50.9 Å². The van der Waals surface area contributed by atoms with Crippen LogP contribution in [-0.2, 0) is 26.2 Å². The van der Waals surface area contributed by atoms with Gasteiger partial charge >= 0.3 is 0 Å². The van der Waals surface area contributed by atoms with Gasteiger partial charge in [-0.1, -0.05) is 35.9 Å². The number of nitrogens with zero attached hydrogens (tertiary/aromatic N) is 2. The van der Waals surface area contributed by atoms with Crippen molar-refractivity contribution in [3.8, 4) is 5.75 Å². The van der Waals surface area contributed by atoms with Crippen LogP contribution in [0.3, 0.4) is 0 Å². The van der Waals surface area contributed by atoms with E-state index in [0.717, 1.165) is 9.20 Å². The van der Waals surface area contributed by atoms with Gasteiger partial charge in [-0.15, -0.1) is 11.8 Å². The molecule has 3 aromatic carbocycles. The number of sulfonamides is 1. The molecule has 2 amide bonds. The summed E-state index contributed by atoms with van der Waals surface area (Å²) in [6.45, 7) is 6.86. The van der Waals surface area contributed by atoms with Gasteiger partial charge in [0.1, 0.15) is 18.3 Å². The Bertz CT molecular complexity index is 1450. The molecule has 8 nitrogen and oxygen atoms in total. The predicted molar refractivity (Wildman–Crippen MR) is 165 cm³/mol. The number of amides is 2. The van der Waals surface area contributed by atoms with E-state index in [1.165, 1.54) is 28.8 Å². The van der Waals surface area contributed by atoms with E-state index in [2.05, 4.69) is 5.32 Å². The highest BCUT2D eigenvalue weighted by Crippen LogP contribution is 2.33. The van der Waals surface area contributed by atoms with Crippen molar-refractivity contribution in [2.75, 3.05) is 23.7 Å². The second-order valence-corrected chi connectivity index (χ2v) is 12.8. The predicted octanol–water partition coefficient (Wildman–Crippen LogP) is 5.60. The minimum absolute atomic E-state index is 0.0291. The number of halogens is 1. The second kappa shape index (κ2) is 14.6. The Morgan fingerprint density at radius 3 is 2.29 bits per heavy atom. The molecule has 0 unspecified atom stereocenters. The maximum absolute atomic E-state index is 14.1. The van der Waals surface area contributed by atoms with E-state index in [9.17, 15) is 18.0 Å². The van der Waals surface area contributed by atoms with Gasteiger partial charge in [0.2, 0.25) is 11.8 Å². The van der Waals surface area contributed by atoms with E-state index in [-0.39, 0.29) is 29.1 Å². The molecule has 0 radical (unpaired) electrons. The van der Waals surface area contributed by atoms with E-state index in [1.807, 2.05) is 20.1 Å². The summed E-state index contributed by atoms with van der Waals surface area (Å²) in [6.07, 6.45) is 1.90. The first-order valence-electron chi connectivity index (χ1n) is 13.2. The van der Waals surface area contributed by atoms with Crippen LogP contribution in [0.1, 0.15) is 33.3 Å². The Morgan fingerprint density at radius 2 is 1.68 bits per heavy atom. The highest BCUT2D eigenvalue weighted by molar-refractivity contribution is 7.98. The van der Waals surface area contributed by atoms with Crippen molar-refractivity contribution in [1.29, 1.82) is 0 Å². The quantitative estimate of drug-likeness (QED) is 0.251. The summed E-state index contributed by atoms with van der Waals surface area (Å²) < 4.78 is 35.0. The van der Waals surface area contributed by atoms with Crippen molar-refractivity contribution in [3.05, 3.63) is 83.4 Å². The standard InChI is InChI=1S/C30H36ClN3O5S2/c1-6-39-28-13-8-7-12-27(28)34(41(37,38)26-16-14-25(40-5)15-17-26)20-29(35)33(22(4)30(36)32-21(2)3)19-23-10-9-11-24(31)18-23/h7-18,21-22H,6,19-20H2,1-5H3,(H,32,36)/t22-/m0/s1. The van der Waals surface area contributed by atoms with Crippen LogP contribution in [0.2, 0.25) is 5.02 Å². The van der Waals surface area contributed by atoms with Crippen LogP contribution in [0.5, 0.6) is 5.75 Å². The number of hydrogen-bond acceptors (Lipinski definition) is 6. The molecule has 0 aliphatic carbocycles.